The zero-order chi connectivity index (χ0) is 22.3. The molecule has 0 spiro atoms. The summed E-state index contributed by atoms with van der Waals surface area (Å²) in [6.45, 7) is 8.15. The van der Waals surface area contributed by atoms with Gasteiger partial charge in [-0.1, -0.05) is 80.4 Å². The third kappa shape index (κ3) is 3.39. The maximum Gasteiger partial charge on any atom is 0.235 e. The Morgan fingerprint density at radius 2 is 1.52 bits per heavy atom. The molecule has 166 valence electrons. The van der Waals surface area contributed by atoms with Gasteiger partial charge in [0.25, 0.3) is 0 Å². The van der Waals surface area contributed by atoms with Crippen molar-refractivity contribution < 1.29 is 19.7 Å². The van der Waals surface area contributed by atoms with Crippen molar-refractivity contribution in [2.75, 3.05) is 6.54 Å². The van der Waals surface area contributed by atoms with Crippen LogP contribution in [0.15, 0.2) is 60.7 Å². The van der Waals surface area contributed by atoms with E-state index in [2.05, 4.69) is 6.92 Å². The van der Waals surface area contributed by atoms with E-state index >= 15 is 0 Å². The van der Waals surface area contributed by atoms with E-state index in [1.54, 1.807) is 4.90 Å². The average Bonchev–Trinajstić information content (AvgIpc) is 3.00. The van der Waals surface area contributed by atoms with Crippen LogP contribution in [-0.4, -0.2) is 33.8 Å². The smallest absolute Gasteiger partial charge is 0.235 e. The minimum Gasteiger partial charge on any atom is -0.361 e. The van der Waals surface area contributed by atoms with Gasteiger partial charge in [0, 0.05) is 12.0 Å². The van der Waals surface area contributed by atoms with Gasteiger partial charge in [-0.25, -0.2) is 4.89 Å². The van der Waals surface area contributed by atoms with E-state index in [1.165, 1.54) is 0 Å². The summed E-state index contributed by atoms with van der Waals surface area (Å²) in [5.41, 5.74) is -0.719. The number of hydrogen-bond acceptors (Lipinski definition) is 4. The highest BCUT2D eigenvalue weighted by Gasteiger charge is 2.71. The van der Waals surface area contributed by atoms with Crippen LogP contribution in [0, 0.1) is 5.41 Å². The second-order valence-corrected chi connectivity index (χ2v) is 9.93. The number of hydrogen-bond donors (Lipinski definition) is 1. The van der Waals surface area contributed by atoms with Gasteiger partial charge in [-0.05, 0) is 38.3 Å². The normalized spacial score (nSPS) is 27.9. The molecule has 2 heterocycles. The van der Waals surface area contributed by atoms with E-state index < -0.39 is 22.3 Å². The minimum absolute atomic E-state index is 0.0597. The van der Waals surface area contributed by atoms with Crippen molar-refractivity contribution in [2.24, 2.45) is 5.41 Å². The molecule has 1 amide bonds. The molecule has 0 bridgehead atoms. The molecule has 2 atom stereocenters. The number of amides is 1. The molecule has 2 saturated heterocycles. The summed E-state index contributed by atoms with van der Waals surface area (Å²) in [5, 5.41) is 11.7. The summed E-state index contributed by atoms with van der Waals surface area (Å²) in [5.74, 6) is -1.75. The number of likely N-dealkylation sites (tertiary alicyclic amines) is 1. The Hall–Kier alpha value is -2.21. The van der Waals surface area contributed by atoms with Crippen LogP contribution in [0.4, 0.5) is 0 Å². The SMILES string of the molecule is CCCCC12CC(c3ccccc3)(c3ccccc3)OOC1(O)CN(C(C)(C)C)C2=O. The topological polar surface area (TPSA) is 59.0 Å². The minimum atomic E-state index is -1.69. The summed E-state index contributed by atoms with van der Waals surface area (Å²) < 4.78 is 0. The van der Waals surface area contributed by atoms with Crippen molar-refractivity contribution in [2.45, 2.75) is 70.3 Å². The molecule has 2 aromatic rings. The van der Waals surface area contributed by atoms with Gasteiger partial charge < -0.3 is 10.0 Å². The number of benzene rings is 2. The molecular formula is C26H33NO4. The molecule has 0 aliphatic carbocycles. The highest BCUT2D eigenvalue weighted by atomic mass is 17.2. The van der Waals surface area contributed by atoms with Gasteiger partial charge in [0.1, 0.15) is 5.41 Å². The van der Waals surface area contributed by atoms with E-state index in [1.807, 2.05) is 81.4 Å². The molecule has 0 saturated carbocycles. The first-order chi connectivity index (χ1) is 14.7. The van der Waals surface area contributed by atoms with Crippen LogP contribution in [0.5, 0.6) is 0 Å². The van der Waals surface area contributed by atoms with Crippen LogP contribution in [0.1, 0.15) is 64.5 Å². The lowest BCUT2D eigenvalue weighted by Crippen LogP contribution is -2.60. The first-order valence-electron chi connectivity index (χ1n) is 11.2. The summed E-state index contributed by atoms with van der Waals surface area (Å²) in [7, 11) is 0. The van der Waals surface area contributed by atoms with Crippen molar-refractivity contribution in [3.05, 3.63) is 71.8 Å². The van der Waals surface area contributed by atoms with Crippen molar-refractivity contribution in [1.82, 2.24) is 4.90 Å². The molecule has 4 rings (SSSR count). The maximum atomic E-state index is 14.0. The molecule has 0 radical (unpaired) electrons. The maximum absolute atomic E-state index is 14.0. The van der Waals surface area contributed by atoms with E-state index in [4.69, 9.17) is 9.78 Å². The zero-order valence-electron chi connectivity index (χ0n) is 18.9. The molecular weight excluding hydrogens is 390 g/mol. The van der Waals surface area contributed by atoms with Gasteiger partial charge in [-0.15, -0.1) is 0 Å². The Morgan fingerprint density at radius 3 is 2.00 bits per heavy atom. The van der Waals surface area contributed by atoms with Gasteiger partial charge in [-0.2, -0.15) is 4.89 Å². The van der Waals surface area contributed by atoms with Gasteiger partial charge >= 0.3 is 0 Å². The largest absolute Gasteiger partial charge is 0.361 e. The Balaban J connectivity index is 1.90. The fraction of sp³-hybridized carbons (Fsp3) is 0.500. The Bertz CT molecular complexity index is 884. The summed E-state index contributed by atoms with van der Waals surface area (Å²) >= 11 is 0. The molecule has 31 heavy (non-hydrogen) atoms. The first-order valence-corrected chi connectivity index (χ1v) is 11.2. The Labute approximate surface area is 184 Å². The van der Waals surface area contributed by atoms with Crippen LogP contribution >= 0.6 is 0 Å². The lowest BCUT2D eigenvalue weighted by Gasteiger charge is -2.50. The number of rotatable bonds is 5. The summed E-state index contributed by atoms with van der Waals surface area (Å²) in [6, 6.07) is 19.7. The van der Waals surface area contributed by atoms with Crippen molar-refractivity contribution in [1.29, 1.82) is 0 Å². The number of β-amino-alcohol motifs (C(OH)–C–C–N with tert-alkyl or cyclic N) is 1. The molecule has 2 unspecified atom stereocenters. The number of carbonyl (C=O) groups excluding carboxylic acids is 1. The van der Waals surface area contributed by atoms with E-state index in [0.717, 1.165) is 24.0 Å². The quantitative estimate of drug-likeness (QED) is 0.703. The van der Waals surface area contributed by atoms with Crippen LogP contribution < -0.4 is 0 Å². The second-order valence-electron chi connectivity index (χ2n) is 9.93. The van der Waals surface area contributed by atoms with Crippen LogP contribution in [0.25, 0.3) is 0 Å². The monoisotopic (exact) mass is 423 g/mol. The van der Waals surface area contributed by atoms with E-state index in [-0.39, 0.29) is 12.5 Å². The van der Waals surface area contributed by atoms with E-state index in [0.29, 0.717) is 12.8 Å². The van der Waals surface area contributed by atoms with Crippen LogP contribution in [0.2, 0.25) is 0 Å². The van der Waals surface area contributed by atoms with Gasteiger partial charge in [0.2, 0.25) is 11.7 Å². The average molecular weight is 424 g/mol. The predicted octanol–water partition coefficient (Wildman–Crippen LogP) is 4.79. The number of fused-ring (bicyclic) bond motifs is 1. The van der Waals surface area contributed by atoms with Crippen molar-refractivity contribution in [3.8, 4) is 0 Å². The fourth-order valence-corrected chi connectivity index (χ4v) is 5.07. The highest BCUT2D eigenvalue weighted by Crippen LogP contribution is 2.59. The Kier molecular flexibility index (Phi) is 5.49. The molecule has 2 aromatic carbocycles. The molecule has 5 nitrogen and oxygen atoms in total. The molecule has 2 aliphatic rings. The number of unbranched alkanes of at least 4 members (excludes halogenated alkanes) is 1. The highest BCUT2D eigenvalue weighted by molar-refractivity contribution is 5.87. The lowest BCUT2D eigenvalue weighted by molar-refractivity contribution is -0.503. The third-order valence-electron chi connectivity index (χ3n) is 6.89. The Morgan fingerprint density at radius 1 is 0.968 bits per heavy atom. The number of nitrogens with zero attached hydrogens (tertiary/aromatic N) is 1. The molecule has 2 aliphatic heterocycles. The van der Waals surface area contributed by atoms with Gasteiger partial charge in [0.15, 0.2) is 5.60 Å². The number of aliphatic hydroxyl groups is 1. The standard InChI is InChI=1S/C26H33NO4/c1-5-6-17-24-18-25(20-13-9-7-10-14-20,21-15-11-8-12-16-21)30-31-26(24,29)19-27(22(24)28)23(2,3)4/h7-16,29H,5-6,17-19H2,1-4H3. The van der Waals surface area contributed by atoms with Gasteiger partial charge in [0.05, 0.1) is 6.54 Å². The fourth-order valence-electron chi connectivity index (χ4n) is 5.07. The summed E-state index contributed by atoms with van der Waals surface area (Å²) in [6.07, 6.45) is 2.59. The molecule has 5 heteroatoms. The zero-order valence-corrected chi connectivity index (χ0v) is 18.9. The number of carbonyl (C=O) groups is 1. The van der Waals surface area contributed by atoms with Crippen LogP contribution in [-0.2, 0) is 20.2 Å². The second kappa shape index (κ2) is 7.73. The third-order valence-corrected chi connectivity index (χ3v) is 6.89. The molecule has 1 N–H and O–H groups in total. The van der Waals surface area contributed by atoms with Gasteiger partial charge in [-0.3, -0.25) is 4.79 Å². The molecule has 0 aromatic heterocycles. The predicted molar refractivity (Wildman–Crippen MR) is 119 cm³/mol. The van der Waals surface area contributed by atoms with Crippen molar-refractivity contribution >= 4 is 5.91 Å². The lowest BCUT2D eigenvalue weighted by atomic mass is 9.65. The summed E-state index contributed by atoms with van der Waals surface area (Å²) in [4.78, 5) is 27.8. The first kappa shape index (κ1) is 22.0. The van der Waals surface area contributed by atoms with E-state index in [9.17, 15) is 9.90 Å². The van der Waals surface area contributed by atoms with Crippen LogP contribution in [0.3, 0.4) is 0 Å². The van der Waals surface area contributed by atoms with Crippen molar-refractivity contribution in [3.63, 3.8) is 0 Å². The molecule has 2 fully saturated rings.